The molecule has 3 atom stereocenters. The second-order valence-corrected chi connectivity index (χ2v) is 15.2. The van der Waals surface area contributed by atoms with Gasteiger partial charge < -0.3 is 24.6 Å². The number of hydrogen-bond donors (Lipinski definition) is 3. The first kappa shape index (κ1) is 50.1. The topological polar surface area (TPSA) is 166 Å². The van der Waals surface area contributed by atoms with E-state index in [2.05, 4.69) is 24.4 Å². The molecule has 0 radical (unpaired) electrons. The Balaban J connectivity index is 4.42. The predicted octanol–water partition coefficient (Wildman–Crippen LogP) is 9.40. The largest absolute Gasteiger partial charge is 0.472 e. The first-order valence-corrected chi connectivity index (χ1v) is 21.7. The molecule has 0 spiro atoms. The Bertz CT molecular complexity index is 985. The van der Waals surface area contributed by atoms with Gasteiger partial charge in [-0.05, 0) is 38.2 Å². The van der Waals surface area contributed by atoms with E-state index in [0.717, 1.165) is 57.8 Å². The van der Waals surface area contributed by atoms with Crippen molar-refractivity contribution in [2.45, 2.75) is 187 Å². The molecule has 12 heteroatoms. The summed E-state index contributed by atoms with van der Waals surface area (Å²) < 4.78 is 32.5. The van der Waals surface area contributed by atoms with Crippen LogP contribution in [0.2, 0.25) is 0 Å². The third-order valence-electron chi connectivity index (χ3n) is 8.58. The molecule has 52 heavy (non-hydrogen) atoms. The molecule has 0 bridgehead atoms. The van der Waals surface area contributed by atoms with Crippen molar-refractivity contribution in [3.8, 4) is 0 Å². The average Bonchev–Trinajstić information content (AvgIpc) is 3.12. The standard InChI is InChI=1S/C40H73O11P/c1-3-5-7-9-11-12-13-14-15-16-18-22-26-30-39(44)48-34-38(35-50-52(46,47)49-33-37(43)32-41)51-40(45)31-27-23-19-21-25-29-36(42)28-24-20-17-10-8-6-4-2/h17,20,24,28,37-38,41,43H,3-16,18-19,21-23,25-27,29-35H2,1-2H3,(H,46,47)/b20-17-,28-24+/t37-,38+/m0/s1. The maximum Gasteiger partial charge on any atom is 0.472 e. The van der Waals surface area contributed by atoms with Crippen molar-refractivity contribution in [3.05, 3.63) is 24.3 Å². The third kappa shape index (κ3) is 35.2. The van der Waals surface area contributed by atoms with Gasteiger partial charge in [0.15, 0.2) is 11.9 Å². The monoisotopic (exact) mass is 760 g/mol. The lowest BCUT2D eigenvalue weighted by Crippen LogP contribution is -2.29. The number of carbonyl (C=O) groups is 3. The highest BCUT2D eigenvalue weighted by atomic mass is 31.2. The fourth-order valence-electron chi connectivity index (χ4n) is 5.39. The zero-order chi connectivity index (χ0) is 38.5. The SMILES string of the molecule is CCCCC/C=C\C=C\C(=O)CCCCCCCC(=O)O[C@H](COC(=O)CCCCCCCCCCCCCCC)COP(=O)(O)OC[C@@H](O)CO. The average molecular weight is 761 g/mol. The van der Waals surface area contributed by atoms with Crippen LogP contribution >= 0.6 is 7.82 Å². The van der Waals surface area contributed by atoms with Crippen LogP contribution in [0.15, 0.2) is 24.3 Å². The number of phosphoric ester groups is 1. The van der Waals surface area contributed by atoms with Crippen LogP contribution in [0.1, 0.15) is 174 Å². The van der Waals surface area contributed by atoms with Gasteiger partial charge in [0.05, 0.1) is 19.8 Å². The quantitative estimate of drug-likeness (QED) is 0.0180. The Morgan fingerprint density at radius 1 is 0.615 bits per heavy atom. The molecule has 0 fully saturated rings. The molecule has 11 nitrogen and oxygen atoms in total. The minimum absolute atomic E-state index is 0.0995. The second-order valence-electron chi connectivity index (χ2n) is 13.7. The van der Waals surface area contributed by atoms with Crippen LogP contribution in [0, 0.1) is 0 Å². The van der Waals surface area contributed by atoms with Crippen LogP contribution in [0.25, 0.3) is 0 Å². The number of allylic oxidation sites excluding steroid dienone is 4. The smallest absolute Gasteiger partial charge is 0.462 e. The first-order chi connectivity index (χ1) is 25.1. The fourth-order valence-corrected chi connectivity index (χ4v) is 6.18. The Morgan fingerprint density at radius 2 is 1.10 bits per heavy atom. The number of phosphoric acid groups is 1. The molecule has 0 aromatic rings. The van der Waals surface area contributed by atoms with Gasteiger partial charge in [-0.15, -0.1) is 0 Å². The summed E-state index contributed by atoms with van der Waals surface area (Å²) in [5.74, 6) is -0.914. The molecule has 0 aromatic carbocycles. The van der Waals surface area contributed by atoms with Crippen molar-refractivity contribution >= 4 is 25.5 Å². The maximum atomic E-state index is 12.6. The Morgan fingerprint density at radius 3 is 1.65 bits per heavy atom. The summed E-state index contributed by atoms with van der Waals surface area (Å²) in [7, 11) is -4.64. The molecule has 0 aliphatic heterocycles. The highest BCUT2D eigenvalue weighted by molar-refractivity contribution is 7.47. The van der Waals surface area contributed by atoms with E-state index < -0.39 is 51.8 Å². The Labute approximate surface area is 314 Å². The number of hydrogen-bond acceptors (Lipinski definition) is 10. The van der Waals surface area contributed by atoms with Crippen molar-refractivity contribution in [1.82, 2.24) is 0 Å². The van der Waals surface area contributed by atoms with E-state index in [1.165, 1.54) is 70.6 Å². The highest BCUT2D eigenvalue weighted by Crippen LogP contribution is 2.43. The van der Waals surface area contributed by atoms with Crippen molar-refractivity contribution in [2.24, 2.45) is 0 Å². The van der Waals surface area contributed by atoms with E-state index in [-0.39, 0.29) is 25.2 Å². The molecule has 3 N–H and O–H groups in total. The molecule has 0 rings (SSSR count). The van der Waals surface area contributed by atoms with Crippen LogP contribution in [0.5, 0.6) is 0 Å². The minimum Gasteiger partial charge on any atom is -0.462 e. The molecule has 0 aliphatic rings. The van der Waals surface area contributed by atoms with E-state index >= 15 is 0 Å². The lowest BCUT2D eigenvalue weighted by atomic mass is 10.0. The van der Waals surface area contributed by atoms with Crippen LogP contribution in [0.4, 0.5) is 0 Å². The highest BCUT2D eigenvalue weighted by Gasteiger charge is 2.27. The number of aliphatic hydroxyl groups excluding tert-OH is 2. The maximum absolute atomic E-state index is 12.6. The normalized spacial score (nSPS) is 14.1. The summed E-state index contributed by atoms with van der Waals surface area (Å²) in [6.07, 6.45) is 29.6. The Hall–Kier alpha value is -1.88. The van der Waals surface area contributed by atoms with E-state index in [1.54, 1.807) is 12.2 Å². The zero-order valence-electron chi connectivity index (χ0n) is 32.5. The molecule has 304 valence electrons. The van der Waals surface area contributed by atoms with E-state index in [1.807, 2.05) is 6.08 Å². The first-order valence-electron chi connectivity index (χ1n) is 20.2. The summed E-state index contributed by atoms with van der Waals surface area (Å²) in [6, 6.07) is 0. The van der Waals surface area contributed by atoms with Gasteiger partial charge in [0, 0.05) is 19.3 Å². The van der Waals surface area contributed by atoms with Gasteiger partial charge in [-0.3, -0.25) is 23.4 Å². The van der Waals surface area contributed by atoms with Crippen LogP contribution < -0.4 is 0 Å². The summed E-state index contributed by atoms with van der Waals surface area (Å²) in [5.41, 5.74) is 0. The van der Waals surface area contributed by atoms with Gasteiger partial charge in [0.1, 0.15) is 12.7 Å². The number of ketones is 1. The minimum atomic E-state index is -4.64. The summed E-state index contributed by atoms with van der Waals surface area (Å²) in [5, 5.41) is 18.3. The van der Waals surface area contributed by atoms with Gasteiger partial charge in [0.2, 0.25) is 0 Å². The van der Waals surface area contributed by atoms with E-state index in [4.69, 9.17) is 19.1 Å². The number of aliphatic hydroxyl groups is 2. The second kappa shape index (κ2) is 36.1. The molecule has 0 aromatic heterocycles. The molecule has 0 amide bonds. The molecule has 0 saturated carbocycles. The van der Waals surface area contributed by atoms with Gasteiger partial charge in [-0.25, -0.2) is 4.57 Å². The van der Waals surface area contributed by atoms with E-state index in [9.17, 15) is 28.9 Å². The predicted molar refractivity (Wildman–Crippen MR) is 206 cm³/mol. The summed E-state index contributed by atoms with van der Waals surface area (Å²) in [6.45, 7) is 2.18. The third-order valence-corrected chi connectivity index (χ3v) is 9.54. The van der Waals surface area contributed by atoms with Crippen molar-refractivity contribution < 1.29 is 52.6 Å². The lowest BCUT2D eigenvalue weighted by Gasteiger charge is -2.20. The van der Waals surface area contributed by atoms with Gasteiger partial charge in [0.25, 0.3) is 0 Å². The molecule has 0 saturated heterocycles. The number of carbonyl (C=O) groups excluding carboxylic acids is 3. The molecular weight excluding hydrogens is 687 g/mol. The number of unbranched alkanes of at least 4 members (excludes halogenated alkanes) is 19. The summed E-state index contributed by atoms with van der Waals surface area (Å²) in [4.78, 5) is 46.9. The van der Waals surface area contributed by atoms with Crippen molar-refractivity contribution in [2.75, 3.05) is 26.4 Å². The molecule has 0 aliphatic carbocycles. The van der Waals surface area contributed by atoms with Crippen molar-refractivity contribution in [3.63, 3.8) is 0 Å². The molecular formula is C40H73O11P. The van der Waals surface area contributed by atoms with Gasteiger partial charge in [-0.1, -0.05) is 141 Å². The van der Waals surface area contributed by atoms with Crippen LogP contribution in [0.3, 0.4) is 0 Å². The zero-order valence-corrected chi connectivity index (χ0v) is 33.4. The van der Waals surface area contributed by atoms with Crippen LogP contribution in [-0.2, 0) is 37.5 Å². The molecule has 0 heterocycles. The van der Waals surface area contributed by atoms with E-state index in [0.29, 0.717) is 19.3 Å². The lowest BCUT2D eigenvalue weighted by molar-refractivity contribution is -0.161. The van der Waals surface area contributed by atoms with Crippen molar-refractivity contribution in [1.29, 1.82) is 0 Å². The van der Waals surface area contributed by atoms with Crippen LogP contribution in [-0.4, -0.2) is 71.5 Å². The number of ether oxygens (including phenoxy) is 2. The fraction of sp³-hybridized carbons (Fsp3) is 0.825. The van der Waals surface area contributed by atoms with Gasteiger partial charge in [-0.2, -0.15) is 0 Å². The van der Waals surface area contributed by atoms with Gasteiger partial charge >= 0.3 is 19.8 Å². The number of rotatable bonds is 38. The summed E-state index contributed by atoms with van der Waals surface area (Å²) >= 11 is 0. The number of esters is 2. The Kier molecular flexibility index (Phi) is 34.8. The molecule has 1 unspecified atom stereocenters.